The van der Waals surface area contributed by atoms with Crippen molar-refractivity contribution < 1.29 is 0 Å². The van der Waals surface area contributed by atoms with E-state index >= 15 is 0 Å². The molecule has 0 spiro atoms. The summed E-state index contributed by atoms with van der Waals surface area (Å²) in [5.74, 6) is 0. The molecule has 3 rings (SSSR count). The molecule has 1 heterocycles. The normalized spacial score (nSPS) is 14.6. The summed E-state index contributed by atoms with van der Waals surface area (Å²) in [6, 6.07) is 6.45. The van der Waals surface area contributed by atoms with Crippen LogP contribution in [0.3, 0.4) is 0 Å². The summed E-state index contributed by atoms with van der Waals surface area (Å²) in [5.41, 5.74) is 2.97. The van der Waals surface area contributed by atoms with Crippen molar-refractivity contribution in [2.24, 2.45) is 0 Å². The first kappa shape index (κ1) is 8.25. The Morgan fingerprint density at radius 2 is 1.71 bits per heavy atom. The van der Waals surface area contributed by atoms with Crippen LogP contribution < -0.4 is 0 Å². The van der Waals surface area contributed by atoms with Crippen LogP contribution in [-0.4, -0.2) is 4.98 Å². The first-order chi connectivity index (χ1) is 6.83. The summed E-state index contributed by atoms with van der Waals surface area (Å²) in [7, 11) is 0. The van der Waals surface area contributed by atoms with Gasteiger partial charge in [-0.1, -0.05) is 17.7 Å². The van der Waals surface area contributed by atoms with E-state index in [0.29, 0.717) is 5.15 Å². The number of benzene rings is 1. The molecule has 0 aliphatic heterocycles. The van der Waals surface area contributed by atoms with E-state index in [0.717, 1.165) is 0 Å². The van der Waals surface area contributed by atoms with Crippen LogP contribution in [0.4, 0.5) is 0 Å². The molecule has 0 atom stereocenters. The molecule has 1 aliphatic carbocycles. The summed E-state index contributed by atoms with van der Waals surface area (Å²) < 4.78 is 0. The molecule has 1 aliphatic rings. The average molecular weight is 204 g/mol. The molecule has 0 fully saturated rings. The Hall–Kier alpha value is -1.08. The number of rotatable bonds is 0. The zero-order valence-electron chi connectivity index (χ0n) is 7.76. The van der Waals surface area contributed by atoms with Gasteiger partial charge < -0.3 is 0 Å². The Bertz CT molecular complexity index is 505. The van der Waals surface area contributed by atoms with Gasteiger partial charge in [0.05, 0.1) is 0 Å². The van der Waals surface area contributed by atoms with E-state index in [9.17, 15) is 0 Å². The maximum atomic E-state index is 5.86. The second kappa shape index (κ2) is 2.96. The van der Waals surface area contributed by atoms with Gasteiger partial charge in [-0.25, -0.2) is 4.98 Å². The van der Waals surface area contributed by atoms with Gasteiger partial charge in [-0.2, -0.15) is 0 Å². The van der Waals surface area contributed by atoms with Gasteiger partial charge in [0.25, 0.3) is 0 Å². The fourth-order valence-electron chi connectivity index (χ4n) is 2.20. The molecule has 0 amide bonds. The SMILES string of the molecule is Clc1cc2cc3c(cc2cn1)CCC3. The minimum atomic E-state index is 0.579. The van der Waals surface area contributed by atoms with Crippen molar-refractivity contribution in [3.63, 3.8) is 0 Å². The first-order valence-electron chi connectivity index (χ1n) is 4.90. The van der Waals surface area contributed by atoms with Crippen LogP contribution in [0.2, 0.25) is 5.15 Å². The standard InChI is InChI=1S/C12H10ClN/c13-12-6-10-4-8-2-1-3-9(8)5-11(10)7-14-12/h4-7H,1-3H2. The smallest absolute Gasteiger partial charge is 0.129 e. The zero-order valence-corrected chi connectivity index (χ0v) is 8.51. The number of nitrogens with zero attached hydrogens (tertiary/aromatic N) is 1. The third-order valence-electron chi connectivity index (χ3n) is 2.90. The van der Waals surface area contributed by atoms with E-state index in [2.05, 4.69) is 17.1 Å². The lowest BCUT2D eigenvalue weighted by Gasteiger charge is -2.02. The van der Waals surface area contributed by atoms with Gasteiger partial charge in [-0.3, -0.25) is 0 Å². The Morgan fingerprint density at radius 3 is 2.50 bits per heavy atom. The van der Waals surface area contributed by atoms with Gasteiger partial charge >= 0.3 is 0 Å². The largest absolute Gasteiger partial charge is 0.244 e. The molecule has 2 heteroatoms. The van der Waals surface area contributed by atoms with E-state index in [1.54, 1.807) is 0 Å². The van der Waals surface area contributed by atoms with Gasteiger partial charge in [-0.05, 0) is 47.9 Å². The van der Waals surface area contributed by atoms with Gasteiger partial charge in [0.2, 0.25) is 0 Å². The molecule has 0 unspecified atom stereocenters. The van der Waals surface area contributed by atoms with Crippen molar-refractivity contribution >= 4 is 22.4 Å². The third kappa shape index (κ3) is 1.20. The summed E-state index contributed by atoms with van der Waals surface area (Å²) in [5, 5.41) is 3.00. The Morgan fingerprint density at radius 1 is 1.00 bits per heavy atom. The van der Waals surface area contributed by atoms with Crippen molar-refractivity contribution in [2.45, 2.75) is 19.3 Å². The molecule has 1 nitrogen and oxygen atoms in total. The Kier molecular flexibility index (Phi) is 1.74. The molecule has 0 saturated heterocycles. The summed E-state index contributed by atoms with van der Waals surface area (Å²) in [6.45, 7) is 0. The highest BCUT2D eigenvalue weighted by Crippen LogP contribution is 2.27. The van der Waals surface area contributed by atoms with Crippen LogP contribution in [0.1, 0.15) is 17.5 Å². The molecule has 1 aromatic heterocycles. The number of pyridine rings is 1. The van der Waals surface area contributed by atoms with Crippen molar-refractivity contribution in [2.75, 3.05) is 0 Å². The van der Waals surface area contributed by atoms with Crippen molar-refractivity contribution in [1.29, 1.82) is 0 Å². The molecule has 70 valence electrons. The van der Waals surface area contributed by atoms with Crippen LogP contribution in [0.5, 0.6) is 0 Å². The number of fused-ring (bicyclic) bond motifs is 2. The molecule has 14 heavy (non-hydrogen) atoms. The monoisotopic (exact) mass is 203 g/mol. The molecular formula is C12H10ClN. The summed E-state index contributed by atoms with van der Waals surface area (Å²) in [4.78, 5) is 4.10. The van der Waals surface area contributed by atoms with Crippen molar-refractivity contribution in [1.82, 2.24) is 4.98 Å². The lowest BCUT2D eigenvalue weighted by Crippen LogP contribution is -1.84. The second-order valence-electron chi connectivity index (χ2n) is 3.83. The highest BCUT2D eigenvalue weighted by Gasteiger charge is 2.11. The van der Waals surface area contributed by atoms with E-state index in [1.807, 2.05) is 12.3 Å². The van der Waals surface area contributed by atoms with E-state index in [1.165, 1.54) is 41.2 Å². The maximum Gasteiger partial charge on any atom is 0.129 e. The molecule has 0 N–H and O–H groups in total. The van der Waals surface area contributed by atoms with Gasteiger partial charge in [-0.15, -0.1) is 0 Å². The quantitative estimate of drug-likeness (QED) is 0.599. The summed E-state index contributed by atoms with van der Waals surface area (Å²) >= 11 is 5.86. The molecule has 2 aromatic rings. The third-order valence-corrected chi connectivity index (χ3v) is 3.11. The van der Waals surface area contributed by atoms with Crippen molar-refractivity contribution in [3.05, 3.63) is 40.7 Å². The predicted molar refractivity (Wildman–Crippen MR) is 58.8 cm³/mol. The fraction of sp³-hybridized carbons (Fsp3) is 0.250. The molecule has 1 aromatic carbocycles. The van der Waals surface area contributed by atoms with E-state index in [-0.39, 0.29) is 0 Å². The summed E-state index contributed by atoms with van der Waals surface area (Å²) in [6.07, 6.45) is 5.57. The van der Waals surface area contributed by atoms with Gasteiger partial charge in [0.1, 0.15) is 5.15 Å². The molecule has 0 saturated carbocycles. The molecular weight excluding hydrogens is 194 g/mol. The van der Waals surface area contributed by atoms with Crippen LogP contribution in [-0.2, 0) is 12.8 Å². The number of hydrogen-bond acceptors (Lipinski definition) is 1. The van der Waals surface area contributed by atoms with Crippen LogP contribution >= 0.6 is 11.6 Å². The van der Waals surface area contributed by atoms with Crippen molar-refractivity contribution in [3.8, 4) is 0 Å². The minimum absolute atomic E-state index is 0.579. The Labute approximate surface area is 87.7 Å². The zero-order chi connectivity index (χ0) is 9.54. The maximum absolute atomic E-state index is 5.86. The minimum Gasteiger partial charge on any atom is -0.244 e. The van der Waals surface area contributed by atoms with Gasteiger partial charge in [0.15, 0.2) is 0 Å². The molecule has 0 radical (unpaired) electrons. The lowest BCUT2D eigenvalue weighted by atomic mass is 10.0. The Balaban J connectivity index is 2.33. The fourth-order valence-corrected chi connectivity index (χ4v) is 2.36. The van der Waals surface area contributed by atoms with Gasteiger partial charge in [0, 0.05) is 11.6 Å². The predicted octanol–water partition coefficient (Wildman–Crippen LogP) is 3.38. The average Bonchev–Trinajstić information content (AvgIpc) is 2.61. The first-order valence-corrected chi connectivity index (χ1v) is 5.28. The van der Waals surface area contributed by atoms with E-state index < -0.39 is 0 Å². The topological polar surface area (TPSA) is 12.9 Å². The molecule has 0 bridgehead atoms. The van der Waals surface area contributed by atoms with E-state index in [4.69, 9.17) is 11.6 Å². The van der Waals surface area contributed by atoms with Crippen LogP contribution in [0.25, 0.3) is 10.8 Å². The number of hydrogen-bond donors (Lipinski definition) is 0. The number of aromatic nitrogens is 1. The van der Waals surface area contributed by atoms with Crippen LogP contribution in [0, 0.1) is 0 Å². The highest BCUT2D eigenvalue weighted by atomic mass is 35.5. The number of halogens is 1. The highest BCUT2D eigenvalue weighted by molar-refractivity contribution is 6.30. The lowest BCUT2D eigenvalue weighted by molar-refractivity contribution is 0.912. The second-order valence-corrected chi connectivity index (χ2v) is 4.22. The van der Waals surface area contributed by atoms with Crippen LogP contribution in [0.15, 0.2) is 24.4 Å². The number of aryl methyl sites for hydroxylation is 2.